The van der Waals surface area contributed by atoms with Crippen LogP contribution < -0.4 is 0 Å². The van der Waals surface area contributed by atoms with Gasteiger partial charge in [-0.25, -0.2) is 0 Å². The highest BCUT2D eigenvalue weighted by Gasteiger charge is 2.38. The van der Waals surface area contributed by atoms with Crippen LogP contribution in [0.3, 0.4) is 0 Å². The first-order valence-corrected chi connectivity index (χ1v) is 4.78. The van der Waals surface area contributed by atoms with Gasteiger partial charge < -0.3 is 14.3 Å². The Kier molecular flexibility index (Phi) is 3.88. The Labute approximate surface area is 79.4 Å². The molecule has 1 heterocycles. The lowest BCUT2D eigenvalue weighted by Crippen LogP contribution is -2.40. The molecule has 1 aliphatic heterocycles. The van der Waals surface area contributed by atoms with Crippen LogP contribution in [-0.4, -0.2) is 33.2 Å². The third kappa shape index (κ3) is 2.29. The summed E-state index contributed by atoms with van der Waals surface area (Å²) >= 11 is 0. The second-order valence-corrected chi connectivity index (χ2v) is 3.86. The molecule has 0 aliphatic carbocycles. The molecular weight excluding hydrogens is 168 g/mol. The number of ether oxygens (including phenoxy) is 2. The lowest BCUT2D eigenvalue weighted by atomic mass is 9.74. The first-order valence-electron chi connectivity index (χ1n) is 4.78. The smallest absolute Gasteiger partial charge is 0.128 e. The molecule has 1 fully saturated rings. The van der Waals surface area contributed by atoms with Crippen molar-refractivity contribution in [3.8, 4) is 0 Å². The van der Waals surface area contributed by atoms with E-state index in [1.54, 1.807) is 7.11 Å². The van der Waals surface area contributed by atoms with E-state index in [9.17, 15) is 4.79 Å². The van der Waals surface area contributed by atoms with Crippen molar-refractivity contribution in [1.29, 1.82) is 0 Å². The van der Waals surface area contributed by atoms with E-state index in [1.807, 2.05) is 6.92 Å². The molecule has 0 N–H and O–H groups in total. The average Bonchev–Trinajstić information content (AvgIpc) is 2.19. The van der Waals surface area contributed by atoms with Gasteiger partial charge in [0.05, 0.1) is 12.0 Å². The molecule has 0 bridgehead atoms. The second-order valence-electron chi connectivity index (χ2n) is 3.86. The zero-order valence-corrected chi connectivity index (χ0v) is 8.41. The number of hydrogen-bond donors (Lipinski definition) is 0. The van der Waals surface area contributed by atoms with Crippen LogP contribution in [0.4, 0.5) is 0 Å². The summed E-state index contributed by atoms with van der Waals surface area (Å²) in [4.78, 5) is 11.1. The molecule has 0 aromatic rings. The van der Waals surface area contributed by atoms with Crippen LogP contribution in [0.15, 0.2) is 0 Å². The van der Waals surface area contributed by atoms with Crippen LogP contribution in [0.5, 0.6) is 0 Å². The molecule has 3 nitrogen and oxygen atoms in total. The molecule has 0 aromatic heterocycles. The van der Waals surface area contributed by atoms with Gasteiger partial charge in [0.2, 0.25) is 0 Å². The highest BCUT2D eigenvalue weighted by Crippen LogP contribution is 2.34. The molecule has 1 saturated heterocycles. The Balaban J connectivity index is 2.60. The van der Waals surface area contributed by atoms with E-state index in [4.69, 9.17) is 9.47 Å². The Morgan fingerprint density at radius 1 is 1.69 bits per heavy atom. The molecular formula is C10H18O3. The second kappa shape index (κ2) is 4.72. The van der Waals surface area contributed by atoms with Crippen molar-refractivity contribution in [1.82, 2.24) is 0 Å². The minimum atomic E-state index is -0.297. The molecule has 1 rings (SSSR count). The number of carbonyl (C=O) groups is 1. The molecule has 0 saturated carbocycles. The van der Waals surface area contributed by atoms with Crippen LogP contribution in [0, 0.1) is 11.3 Å². The highest BCUT2D eigenvalue weighted by atomic mass is 16.5. The minimum absolute atomic E-state index is 0.246. The zero-order valence-electron chi connectivity index (χ0n) is 8.41. The van der Waals surface area contributed by atoms with Crippen LogP contribution in [0.2, 0.25) is 0 Å². The van der Waals surface area contributed by atoms with Crippen molar-refractivity contribution < 1.29 is 14.3 Å². The third-order valence-electron chi connectivity index (χ3n) is 2.93. The molecule has 13 heavy (non-hydrogen) atoms. The summed E-state index contributed by atoms with van der Waals surface area (Å²) in [5, 5.41) is 0. The first-order chi connectivity index (χ1) is 6.25. The van der Waals surface area contributed by atoms with Crippen LogP contribution in [-0.2, 0) is 14.3 Å². The maximum atomic E-state index is 11.1. The number of carbonyl (C=O) groups excluding carboxylic acids is 1. The van der Waals surface area contributed by atoms with Crippen molar-refractivity contribution >= 4 is 6.29 Å². The SMILES string of the molecule is COCC(C)C1(C=O)CCCOC1. The molecule has 2 atom stereocenters. The first kappa shape index (κ1) is 10.7. The van der Waals surface area contributed by atoms with Crippen molar-refractivity contribution in [3.05, 3.63) is 0 Å². The van der Waals surface area contributed by atoms with Gasteiger partial charge in [0.25, 0.3) is 0 Å². The Morgan fingerprint density at radius 3 is 2.92 bits per heavy atom. The van der Waals surface area contributed by atoms with Gasteiger partial charge in [0.15, 0.2) is 0 Å². The lowest BCUT2D eigenvalue weighted by Gasteiger charge is -2.36. The fraction of sp³-hybridized carbons (Fsp3) is 0.900. The fourth-order valence-corrected chi connectivity index (χ4v) is 1.85. The Hall–Kier alpha value is -0.410. The summed E-state index contributed by atoms with van der Waals surface area (Å²) in [5.41, 5.74) is -0.297. The summed E-state index contributed by atoms with van der Waals surface area (Å²) < 4.78 is 10.4. The topological polar surface area (TPSA) is 35.5 Å². The van der Waals surface area contributed by atoms with E-state index in [1.165, 1.54) is 0 Å². The molecule has 3 heteroatoms. The van der Waals surface area contributed by atoms with Gasteiger partial charge in [-0.3, -0.25) is 0 Å². The van der Waals surface area contributed by atoms with E-state index in [2.05, 4.69) is 0 Å². The van der Waals surface area contributed by atoms with Crippen LogP contribution in [0.25, 0.3) is 0 Å². The van der Waals surface area contributed by atoms with Crippen LogP contribution in [0.1, 0.15) is 19.8 Å². The van der Waals surface area contributed by atoms with Crippen LogP contribution >= 0.6 is 0 Å². The zero-order chi connectivity index (χ0) is 9.73. The number of methoxy groups -OCH3 is 1. The van der Waals surface area contributed by atoms with E-state index in [0.717, 1.165) is 25.7 Å². The largest absolute Gasteiger partial charge is 0.384 e. The Morgan fingerprint density at radius 2 is 2.46 bits per heavy atom. The lowest BCUT2D eigenvalue weighted by molar-refractivity contribution is -0.130. The predicted octanol–water partition coefficient (Wildman–Crippen LogP) is 1.26. The molecule has 0 aromatic carbocycles. The number of hydrogen-bond acceptors (Lipinski definition) is 3. The molecule has 0 radical (unpaired) electrons. The van der Waals surface area contributed by atoms with E-state index < -0.39 is 0 Å². The number of rotatable bonds is 4. The van der Waals surface area contributed by atoms with Crippen molar-refractivity contribution in [2.45, 2.75) is 19.8 Å². The van der Waals surface area contributed by atoms with Crippen molar-refractivity contribution in [2.75, 3.05) is 26.9 Å². The highest BCUT2D eigenvalue weighted by molar-refractivity contribution is 5.60. The van der Waals surface area contributed by atoms with Crippen molar-refractivity contribution in [3.63, 3.8) is 0 Å². The molecule has 76 valence electrons. The normalized spacial score (nSPS) is 31.2. The van der Waals surface area contributed by atoms with Crippen molar-refractivity contribution in [2.24, 2.45) is 11.3 Å². The van der Waals surface area contributed by atoms with Gasteiger partial charge in [-0.15, -0.1) is 0 Å². The van der Waals surface area contributed by atoms with E-state index in [-0.39, 0.29) is 11.3 Å². The van der Waals surface area contributed by atoms with Gasteiger partial charge >= 0.3 is 0 Å². The molecule has 0 amide bonds. The van der Waals surface area contributed by atoms with Gasteiger partial charge in [-0.2, -0.15) is 0 Å². The van der Waals surface area contributed by atoms with E-state index >= 15 is 0 Å². The number of aldehydes is 1. The average molecular weight is 186 g/mol. The van der Waals surface area contributed by atoms with Gasteiger partial charge in [0.1, 0.15) is 6.29 Å². The molecule has 0 spiro atoms. The predicted molar refractivity (Wildman–Crippen MR) is 49.6 cm³/mol. The van der Waals surface area contributed by atoms with E-state index in [0.29, 0.717) is 13.2 Å². The fourth-order valence-electron chi connectivity index (χ4n) is 1.85. The quantitative estimate of drug-likeness (QED) is 0.620. The summed E-state index contributed by atoms with van der Waals surface area (Å²) in [6.45, 7) is 4.02. The molecule has 2 unspecified atom stereocenters. The monoisotopic (exact) mass is 186 g/mol. The summed E-state index contributed by atoms with van der Waals surface area (Å²) in [5.74, 6) is 0.246. The summed E-state index contributed by atoms with van der Waals surface area (Å²) in [7, 11) is 1.67. The standard InChI is InChI=1S/C10H18O3/c1-9(6-12-2)10(7-11)4-3-5-13-8-10/h7,9H,3-6,8H2,1-2H3. The van der Waals surface area contributed by atoms with Gasteiger partial charge in [-0.1, -0.05) is 6.92 Å². The summed E-state index contributed by atoms with van der Waals surface area (Å²) in [6.07, 6.45) is 2.96. The molecule has 1 aliphatic rings. The maximum absolute atomic E-state index is 11.1. The maximum Gasteiger partial charge on any atom is 0.128 e. The van der Waals surface area contributed by atoms with Gasteiger partial charge in [-0.05, 0) is 18.8 Å². The third-order valence-corrected chi connectivity index (χ3v) is 2.93. The van der Waals surface area contributed by atoms with Gasteiger partial charge in [0, 0.05) is 20.3 Å². The Bertz CT molecular complexity index is 162. The summed E-state index contributed by atoms with van der Waals surface area (Å²) in [6, 6.07) is 0. The minimum Gasteiger partial charge on any atom is -0.384 e.